The summed E-state index contributed by atoms with van der Waals surface area (Å²) in [5, 5.41) is 3.20. The van der Waals surface area contributed by atoms with Crippen LogP contribution in [0.4, 0.5) is 10.1 Å². The average molecular weight is 325 g/mol. The molecule has 1 aromatic carbocycles. The highest BCUT2D eigenvalue weighted by molar-refractivity contribution is 9.10. The summed E-state index contributed by atoms with van der Waals surface area (Å²) in [7, 11) is 0. The van der Waals surface area contributed by atoms with Gasteiger partial charge in [-0.15, -0.1) is 0 Å². The predicted octanol–water partition coefficient (Wildman–Crippen LogP) is 4.60. The Kier molecular flexibility index (Phi) is 4.74. The fourth-order valence-electron chi connectivity index (χ4n) is 1.53. The van der Waals surface area contributed by atoms with Crippen LogP contribution in [0.5, 0.6) is 11.5 Å². The van der Waals surface area contributed by atoms with Gasteiger partial charge in [0.25, 0.3) is 0 Å². The average Bonchev–Trinajstić information content (AvgIpc) is 2.40. The minimum absolute atomic E-state index is 0.178. The van der Waals surface area contributed by atoms with Crippen LogP contribution in [0.25, 0.3) is 0 Å². The standard InChI is InChI=1S/C14H14BrFN2O/c1-2-5-18-11-7-12(9-17-8-11)19-14-4-3-10(15)6-13(14)16/h3-4,6-9,18H,2,5H2,1H3. The summed E-state index contributed by atoms with van der Waals surface area (Å²) in [6, 6.07) is 6.46. The van der Waals surface area contributed by atoms with Crippen LogP contribution in [-0.2, 0) is 0 Å². The topological polar surface area (TPSA) is 34.2 Å². The van der Waals surface area contributed by atoms with Gasteiger partial charge in [-0.2, -0.15) is 0 Å². The predicted molar refractivity (Wildman–Crippen MR) is 77.2 cm³/mol. The molecule has 0 atom stereocenters. The molecule has 2 aromatic rings. The van der Waals surface area contributed by atoms with Gasteiger partial charge >= 0.3 is 0 Å². The Morgan fingerprint density at radius 3 is 2.89 bits per heavy atom. The molecule has 0 aliphatic carbocycles. The van der Waals surface area contributed by atoms with Gasteiger partial charge in [-0.1, -0.05) is 22.9 Å². The van der Waals surface area contributed by atoms with Gasteiger partial charge in [0.05, 0.1) is 18.1 Å². The van der Waals surface area contributed by atoms with Crippen molar-refractivity contribution in [1.29, 1.82) is 0 Å². The fourth-order valence-corrected chi connectivity index (χ4v) is 1.86. The van der Waals surface area contributed by atoms with Crippen molar-refractivity contribution in [2.24, 2.45) is 0 Å². The minimum atomic E-state index is -0.415. The molecular formula is C14H14BrFN2O. The van der Waals surface area contributed by atoms with E-state index in [0.717, 1.165) is 18.7 Å². The molecule has 100 valence electrons. The maximum absolute atomic E-state index is 13.6. The van der Waals surface area contributed by atoms with E-state index in [1.807, 2.05) is 0 Å². The van der Waals surface area contributed by atoms with E-state index in [9.17, 15) is 4.39 Å². The van der Waals surface area contributed by atoms with Crippen LogP contribution in [0.3, 0.4) is 0 Å². The number of anilines is 1. The van der Waals surface area contributed by atoms with Crippen LogP contribution >= 0.6 is 15.9 Å². The Morgan fingerprint density at radius 1 is 1.32 bits per heavy atom. The second-order valence-electron chi connectivity index (χ2n) is 4.01. The van der Waals surface area contributed by atoms with Crippen molar-refractivity contribution >= 4 is 21.6 Å². The van der Waals surface area contributed by atoms with Gasteiger partial charge in [-0.25, -0.2) is 4.39 Å². The number of rotatable bonds is 5. The van der Waals surface area contributed by atoms with E-state index in [-0.39, 0.29) is 5.75 Å². The number of pyridine rings is 1. The molecule has 1 heterocycles. The first-order valence-corrected chi connectivity index (χ1v) is 6.80. The van der Waals surface area contributed by atoms with Gasteiger partial charge in [0, 0.05) is 17.1 Å². The lowest BCUT2D eigenvalue weighted by Crippen LogP contribution is -2.00. The van der Waals surface area contributed by atoms with Crippen molar-refractivity contribution in [3.8, 4) is 11.5 Å². The smallest absolute Gasteiger partial charge is 0.166 e. The van der Waals surface area contributed by atoms with Crippen LogP contribution in [-0.4, -0.2) is 11.5 Å². The van der Waals surface area contributed by atoms with Crippen molar-refractivity contribution in [2.45, 2.75) is 13.3 Å². The number of nitrogens with zero attached hydrogens (tertiary/aromatic N) is 1. The highest BCUT2D eigenvalue weighted by atomic mass is 79.9. The molecule has 0 bridgehead atoms. The number of ether oxygens (including phenoxy) is 1. The highest BCUT2D eigenvalue weighted by Gasteiger charge is 2.06. The third kappa shape index (κ3) is 3.92. The van der Waals surface area contributed by atoms with Gasteiger partial charge in [0.15, 0.2) is 11.6 Å². The lowest BCUT2D eigenvalue weighted by molar-refractivity contribution is 0.440. The molecule has 0 unspecified atom stereocenters. The number of nitrogens with one attached hydrogen (secondary N) is 1. The van der Waals surface area contributed by atoms with Gasteiger partial charge in [-0.3, -0.25) is 4.98 Å². The molecule has 0 amide bonds. The molecule has 3 nitrogen and oxygen atoms in total. The van der Waals surface area contributed by atoms with E-state index in [4.69, 9.17) is 4.74 Å². The van der Waals surface area contributed by atoms with Crippen LogP contribution in [0.15, 0.2) is 41.1 Å². The Labute approximate surface area is 119 Å². The van der Waals surface area contributed by atoms with Crippen molar-refractivity contribution in [2.75, 3.05) is 11.9 Å². The van der Waals surface area contributed by atoms with Crippen LogP contribution in [0.1, 0.15) is 13.3 Å². The molecule has 0 aliphatic rings. The zero-order valence-electron chi connectivity index (χ0n) is 10.5. The SMILES string of the molecule is CCCNc1cncc(Oc2ccc(Br)cc2F)c1. The zero-order chi connectivity index (χ0) is 13.7. The third-order valence-electron chi connectivity index (χ3n) is 2.41. The van der Waals surface area contributed by atoms with Crippen LogP contribution in [0.2, 0.25) is 0 Å². The third-order valence-corrected chi connectivity index (χ3v) is 2.91. The molecule has 0 aliphatic heterocycles. The first-order chi connectivity index (χ1) is 9.19. The highest BCUT2D eigenvalue weighted by Crippen LogP contribution is 2.27. The lowest BCUT2D eigenvalue weighted by Gasteiger charge is -2.09. The molecular weight excluding hydrogens is 311 g/mol. The molecule has 1 N–H and O–H groups in total. The summed E-state index contributed by atoms with van der Waals surface area (Å²) < 4.78 is 19.8. The molecule has 5 heteroatoms. The van der Waals surface area contributed by atoms with Crippen LogP contribution < -0.4 is 10.1 Å². The van der Waals surface area contributed by atoms with E-state index in [0.29, 0.717) is 10.2 Å². The Balaban J connectivity index is 2.14. The monoisotopic (exact) mass is 324 g/mol. The summed E-state index contributed by atoms with van der Waals surface area (Å²) >= 11 is 3.20. The maximum Gasteiger partial charge on any atom is 0.166 e. The van der Waals surface area contributed by atoms with Crippen molar-refractivity contribution in [1.82, 2.24) is 4.98 Å². The van der Waals surface area contributed by atoms with E-state index in [1.165, 1.54) is 6.07 Å². The number of aromatic nitrogens is 1. The lowest BCUT2D eigenvalue weighted by atomic mass is 10.3. The zero-order valence-corrected chi connectivity index (χ0v) is 12.1. The van der Waals surface area contributed by atoms with Crippen LogP contribution in [0, 0.1) is 5.82 Å². The van der Waals surface area contributed by atoms with E-state index < -0.39 is 5.82 Å². The van der Waals surface area contributed by atoms with Gasteiger partial charge in [0.1, 0.15) is 5.75 Å². The maximum atomic E-state index is 13.6. The Morgan fingerprint density at radius 2 is 2.16 bits per heavy atom. The van der Waals surface area contributed by atoms with Crippen molar-refractivity contribution < 1.29 is 9.13 Å². The Hall–Kier alpha value is -1.62. The molecule has 1 aromatic heterocycles. The van der Waals surface area contributed by atoms with Gasteiger partial charge in [0.2, 0.25) is 0 Å². The Bertz CT molecular complexity index is 563. The van der Waals surface area contributed by atoms with Crippen molar-refractivity contribution in [3.63, 3.8) is 0 Å². The number of halogens is 2. The molecule has 2 rings (SSSR count). The fraction of sp³-hybridized carbons (Fsp3) is 0.214. The van der Waals surface area contributed by atoms with Gasteiger partial charge < -0.3 is 10.1 Å². The van der Waals surface area contributed by atoms with E-state index in [2.05, 4.69) is 33.2 Å². The largest absolute Gasteiger partial charge is 0.453 e. The minimum Gasteiger partial charge on any atom is -0.453 e. The molecule has 0 spiro atoms. The summed E-state index contributed by atoms with van der Waals surface area (Å²) in [4.78, 5) is 4.06. The normalized spacial score (nSPS) is 10.3. The summed E-state index contributed by atoms with van der Waals surface area (Å²) in [6.07, 6.45) is 4.28. The van der Waals surface area contributed by atoms with Crippen molar-refractivity contribution in [3.05, 3.63) is 46.9 Å². The number of benzene rings is 1. The second kappa shape index (κ2) is 6.52. The molecule has 0 saturated heterocycles. The quantitative estimate of drug-likeness (QED) is 0.872. The number of hydrogen-bond donors (Lipinski definition) is 1. The molecule has 19 heavy (non-hydrogen) atoms. The summed E-state index contributed by atoms with van der Waals surface area (Å²) in [5.41, 5.74) is 0.858. The molecule has 0 saturated carbocycles. The summed E-state index contributed by atoms with van der Waals surface area (Å²) in [5.74, 6) is 0.265. The second-order valence-corrected chi connectivity index (χ2v) is 4.93. The van der Waals surface area contributed by atoms with Gasteiger partial charge in [-0.05, 0) is 24.6 Å². The van der Waals surface area contributed by atoms with E-state index >= 15 is 0 Å². The molecule has 0 radical (unpaired) electrons. The first-order valence-electron chi connectivity index (χ1n) is 6.01. The summed E-state index contributed by atoms with van der Waals surface area (Å²) in [6.45, 7) is 2.94. The number of hydrogen-bond acceptors (Lipinski definition) is 3. The molecule has 0 fully saturated rings. The van der Waals surface area contributed by atoms with E-state index in [1.54, 1.807) is 30.6 Å². The first kappa shape index (κ1) is 13.8.